The third-order valence-electron chi connectivity index (χ3n) is 5.06. The maximum atomic E-state index is 13.3. The summed E-state index contributed by atoms with van der Waals surface area (Å²) in [5.74, 6) is -0.00330. The van der Waals surface area contributed by atoms with Crippen molar-refractivity contribution in [3.05, 3.63) is 115 Å². The number of hydrogen-bond donors (Lipinski definition) is 2. The summed E-state index contributed by atoms with van der Waals surface area (Å²) in [6.45, 7) is 0. The van der Waals surface area contributed by atoms with Crippen LogP contribution in [0.2, 0.25) is 0 Å². The number of H-pyrrole nitrogens is 1. The number of aromatic amines is 1. The number of non-ortho nitro benzene ring substituents is 1. The second-order valence-electron chi connectivity index (χ2n) is 7.21. The third kappa shape index (κ3) is 3.77. The van der Waals surface area contributed by atoms with E-state index in [9.17, 15) is 19.7 Å². The van der Waals surface area contributed by atoms with Crippen LogP contribution in [0.1, 0.15) is 0 Å². The Morgan fingerprint density at radius 1 is 0.912 bits per heavy atom. The van der Waals surface area contributed by atoms with Crippen molar-refractivity contribution in [1.29, 1.82) is 0 Å². The van der Waals surface area contributed by atoms with Gasteiger partial charge < -0.3 is 0 Å². The summed E-state index contributed by atoms with van der Waals surface area (Å²) in [5, 5.41) is 18.1. The van der Waals surface area contributed by atoms with Crippen molar-refractivity contribution in [2.24, 2.45) is 5.10 Å². The zero-order chi connectivity index (χ0) is 23.7. The number of aromatic nitrogens is 4. The maximum Gasteiger partial charge on any atom is 0.292 e. The topological polar surface area (TPSA) is 148 Å². The van der Waals surface area contributed by atoms with Gasteiger partial charge in [0, 0.05) is 17.7 Å². The van der Waals surface area contributed by atoms with Gasteiger partial charge in [0.05, 0.1) is 21.5 Å². The van der Waals surface area contributed by atoms with Gasteiger partial charge in [-0.1, -0.05) is 42.5 Å². The highest BCUT2D eigenvalue weighted by Gasteiger charge is 2.12. The minimum atomic E-state index is -0.591. The molecule has 0 saturated carbocycles. The van der Waals surface area contributed by atoms with E-state index in [1.807, 2.05) is 6.07 Å². The van der Waals surface area contributed by atoms with Crippen LogP contribution in [0, 0.1) is 10.1 Å². The molecule has 2 heterocycles. The number of benzene rings is 3. The molecule has 0 amide bonds. The normalized spacial score (nSPS) is 11.6. The lowest BCUT2D eigenvalue weighted by Crippen LogP contribution is -2.29. The van der Waals surface area contributed by atoms with Gasteiger partial charge >= 0.3 is 0 Å². The van der Waals surface area contributed by atoms with Gasteiger partial charge in [0.25, 0.3) is 22.6 Å². The molecule has 0 bridgehead atoms. The van der Waals surface area contributed by atoms with Crippen LogP contribution in [0.5, 0.6) is 0 Å². The SMILES string of the molecule is O=c1[nH]n2c(nc(-c3ccccc3)c1=NNc1ccc([N+](=O)[O-])cc1)nc(=O)c1ccccc12. The van der Waals surface area contributed by atoms with Gasteiger partial charge in [0.15, 0.2) is 5.36 Å². The lowest BCUT2D eigenvalue weighted by atomic mass is 10.1. The summed E-state index contributed by atoms with van der Waals surface area (Å²) >= 11 is 0. The smallest absolute Gasteiger partial charge is 0.278 e. The van der Waals surface area contributed by atoms with Crippen LogP contribution in [0.4, 0.5) is 11.4 Å². The van der Waals surface area contributed by atoms with Gasteiger partial charge in [-0.25, -0.2) is 9.50 Å². The van der Waals surface area contributed by atoms with Crippen LogP contribution in [0.25, 0.3) is 27.9 Å². The first kappa shape index (κ1) is 20.7. The molecule has 0 aliphatic rings. The quantitative estimate of drug-likeness (QED) is 0.314. The Labute approximate surface area is 189 Å². The largest absolute Gasteiger partial charge is 0.292 e. The molecule has 3 aromatic carbocycles. The van der Waals surface area contributed by atoms with Gasteiger partial charge in [-0.15, -0.1) is 0 Å². The van der Waals surface area contributed by atoms with E-state index < -0.39 is 16.0 Å². The standard InChI is InChI=1S/C23H15N7O4/c31-21-17-8-4-5-9-18(17)29-23(25-21)24-19(14-6-2-1-3-7-14)20(22(32)28-29)27-26-15-10-12-16(13-11-15)30(33)34/h1-13,26H,(H,28,32). The lowest BCUT2D eigenvalue weighted by Gasteiger charge is -2.01. The van der Waals surface area contributed by atoms with Crippen LogP contribution in [-0.4, -0.2) is 24.5 Å². The first-order chi connectivity index (χ1) is 16.5. The number of nitrogens with one attached hydrogen (secondary N) is 2. The molecule has 0 aliphatic carbocycles. The average Bonchev–Trinajstić information content (AvgIpc) is 3.00. The predicted molar refractivity (Wildman–Crippen MR) is 125 cm³/mol. The fourth-order valence-corrected chi connectivity index (χ4v) is 3.44. The van der Waals surface area contributed by atoms with Crippen LogP contribution in [0.15, 0.2) is 93.6 Å². The van der Waals surface area contributed by atoms with E-state index >= 15 is 0 Å². The number of hydrogen-bond acceptors (Lipinski definition) is 8. The molecule has 0 radical (unpaired) electrons. The summed E-state index contributed by atoms with van der Waals surface area (Å²) in [6.07, 6.45) is 0. The Morgan fingerprint density at radius 2 is 1.62 bits per heavy atom. The summed E-state index contributed by atoms with van der Waals surface area (Å²) in [7, 11) is 0. The zero-order valence-electron chi connectivity index (χ0n) is 17.4. The molecule has 2 aromatic heterocycles. The first-order valence-electron chi connectivity index (χ1n) is 10.1. The number of nitro benzene ring substituents is 1. The van der Waals surface area contributed by atoms with Crippen LogP contribution in [0.3, 0.4) is 0 Å². The number of fused-ring (bicyclic) bond motifs is 3. The molecule has 2 N–H and O–H groups in total. The van der Waals surface area contributed by atoms with E-state index in [1.165, 1.54) is 28.8 Å². The van der Waals surface area contributed by atoms with Gasteiger partial charge in [-0.2, -0.15) is 10.1 Å². The van der Waals surface area contributed by atoms with Crippen molar-refractivity contribution in [2.75, 3.05) is 5.43 Å². The van der Waals surface area contributed by atoms with Crippen molar-refractivity contribution in [2.45, 2.75) is 0 Å². The van der Waals surface area contributed by atoms with Crippen LogP contribution >= 0.6 is 0 Å². The molecule has 5 rings (SSSR count). The highest BCUT2D eigenvalue weighted by atomic mass is 16.6. The lowest BCUT2D eigenvalue weighted by molar-refractivity contribution is -0.384. The van der Waals surface area contributed by atoms with Gasteiger partial charge in [-0.05, 0) is 24.3 Å². The Hall–Kier alpha value is -5.19. The van der Waals surface area contributed by atoms with Crippen molar-refractivity contribution in [1.82, 2.24) is 19.6 Å². The molecule has 0 unspecified atom stereocenters. The minimum absolute atomic E-state index is 0.00330. The van der Waals surface area contributed by atoms with E-state index in [1.54, 1.807) is 48.5 Å². The monoisotopic (exact) mass is 453 g/mol. The van der Waals surface area contributed by atoms with Crippen LogP contribution < -0.4 is 21.9 Å². The molecule has 34 heavy (non-hydrogen) atoms. The van der Waals surface area contributed by atoms with Crippen molar-refractivity contribution in [3.8, 4) is 11.3 Å². The van der Waals surface area contributed by atoms with E-state index in [2.05, 4.69) is 25.6 Å². The Kier molecular flexibility index (Phi) is 5.11. The molecular weight excluding hydrogens is 438 g/mol. The fraction of sp³-hybridized carbons (Fsp3) is 0. The Bertz CT molecular complexity index is 1740. The Balaban J connectivity index is 1.79. The molecule has 0 atom stereocenters. The molecule has 0 spiro atoms. The van der Waals surface area contributed by atoms with E-state index in [4.69, 9.17) is 0 Å². The summed E-state index contributed by atoms with van der Waals surface area (Å²) < 4.78 is 1.34. The number of para-hydroxylation sites is 1. The van der Waals surface area contributed by atoms with Crippen LogP contribution in [-0.2, 0) is 0 Å². The summed E-state index contributed by atoms with van der Waals surface area (Å²) in [6, 6.07) is 21.2. The number of rotatable bonds is 4. The Morgan fingerprint density at radius 3 is 2.35 bits per heavy atom. The summed E-state index contributed by atoms with van der Waals surface area (Å²) in [4.78, 5) is 44.8. The van der Waals surface area contributed by atoms with E-state index in [-0.39, 0.29) is 22.5 Å². The molecule has 0 aliphatic heterocycles. The second kappa shape index (κ2) is 8.39. The molecule has 0 fully saturated rings. The molecule has 11 heteroatoms. The molecular formula is C23H15N7O4. The molecule has 166 valence electrons. The van der Waals surface area contributed by atoms with Gasteiger partial charge in [0.1, 0.15) is 5.69 Å². The molecule has 5 aromatic rings. The van der Waals surface area contributed by atoms with E-state index in [0.717, 1.165) is 0 Å². The molecule has 11 nitrogen and oxygen atoms in total. The fourth-order valence-electron chi connectivity index (χ4n) is 3.44. The zero-order valence-corrected chi connectivity index (χ0v) is 17.4. The third-order valence-corrected chi connectivity index (χ3v) is 5.06. The highest BCUT2D eigenvalue weighted by molar-refractivity contribution is 5.79. The maximum absolute atomic E-state index is 13.3. The van der Waals surface area contributed by atoms with Crippen molar-refractivity contribution >= 4 is 28.1 Å². The van der Waals surface area contributed by atoms with E-state index in [0.29, 0.717) is 22.2 Å². The number of anilines is 1. The van der Waals surface area contributed by atoms with Crippen molar-refractivity contribution in [3.63, 3.8) is 0 Å². The number of nitro groups is 1. The average molecular weight is 453 g/mol. The van der Waals surface area contributed by atoms with Crippen molar-refractivity contribution < 1.29 is 4.92 Å². The summed E-state index contributed by atoms with van der Waals surface area (Å²) in [5.41, 5.74) is 3.25. The number of nitrogens with zero attached hydrogens (tertiary/aromatic N) is 5. The predicted octanol–water partition coefficient (Wildman–Crippen LogP) is 2.43. The minimum Gasteiger partial charge on any atom is -0.278 e. The second-order valence-corrected chi connectivity index (χ2v) is 7.21. The van der Waals surface area contributed by atoms with Gasteiger partial charge in [-0.3, -0.25) is 30.2 Å². The van der Waals surface area contributed by atoms with Gasteiger partial charge in [0.2, 0.25) is 0 Å². The molecule has 0 saturated heterocycles. The first-order valence-corrected chi connectivity index (χ1v) is 10.1. The highest BCUT2D eigenvalue weighted by Crippen LogP contribution is 2.16.